The summed E-state index contributed by atoms with van der Waals surface area (Å²) in [5, 5.41) is 8.25. The largest absolute Gasteiger partial charge is 0.479 e. The van der Waals surface area contributed by atoms with Crippen LogP contribution in [0, 0.1) is 0 Å². The molecule has 4 heteroatoms. The van der Waals surface area contributed by atoms with E-state index in [0.717, 1.165) is 0 Å². The Morgan fingerprint density at radius 1 is 1.78 bits per heavy atom. The summed E-state index contributed by atoms with van der Waals surface area (Å²) in [7, 11) is 1.39. The Kier molecular flexibility index (Phi) is 7.48. The molecule has 0 aliphatic rings. The standard InChI is InChI=1S/C5H10O3.ClH/c1-3-4(8-2)5(6)7;/h4H,3H2,1-2H3,(H,6,7);1H. The van der Waals surface area contributed by atoms with Crippen molar-refractivity contribution in [2.45, 2.75) is 19.4 Å². The molecule has 0 heterocycles. The average molecular weight is 155 g/mol. The van der Waals surface area contributed by atoms with E-state index in [1.165, 1.54) is 7.11 Å². The fourth-order valence-corrected chi connectivity index (χ4v) is 0.442. The highest BCUT2D eigenvalue weighted by molar-refractivity contribution is 5.85. The van der Waals surface area contributed by atoms with E-state index in [2.05, 4.69) is 4.74 Å². The first kappa shape index (κ1) is 11.5. The van der Waals surface area contributed by atoms with Gasteiger partial charge in [-0.15, -0.1) is 12.4 Å². The molecule has 0 amide bonds. The number of carboxylic acid groups (broad SMARTS) is 1. The fraction of sp³-hybridized carbons (Fsp3) is 0.800. The molecule has 0 saturated heterocycles. The molecule has 1 N–H and O–H groups in total. The van der Waals surface area contributed by atoms with Gasteiger partial charge in [0.15, 0.2) is 6.10 Å². The molecule has 0 radical (unpaired) electrons. The molecule has 0 fully saturated rings. The van der Waals surface area contributed by atoms with E-state index >= 15 is 0 Å². The molecule has 0 bridgehead atoms. The van der Waals surface area contributed by atoms with E-state index in [0.29, 0.717) is 6.42 Å². The summed E-state index contributed by atoms with van der Waals surface area (Å²) < 4.78 is 4.56. The van der Waals surface area contributed by atoms with E-state index in [-0.39, 0.29) is 12.4 Å². The molecule has 1 unspecified atom stereocenters. The maximum atomic E-state index is 10.0. The Morgan fingerprint density at radius 2 is 2.22 bits per heavy atom. The molecule has 0 saturated carbocycles. The van der Waals surface area contributed by atoms with Crippen molar-refractivity contribution in [2.75, 3.05) is 7.11 Å². The summed E-state index contributed by atoms with van der Waals surface area (Å²) in [6.07, 6.45) is -0.110. The second kappa shape index (κ2) is 5.85. The lowest BCUT2D eigenvalue weighted by molar-refractivity contribution is -0.148. The van der Waals surface area contributed by atoms with Crippen LogP contribution >= 0.6 is 12.4 Å². The van der Waals surface area contributed by atoms with Gasteiger partial charge in [0.1, 0.15) is 0 Å². The quantitative estimate of drug-likeness (QED) is 0.658. The van der Waals surface area contributed by atoms with E-state index in [4.69, 9.17) is 5.11 Å². The number of hydrogen-bond acceptors (Lipinski definition) is 2. The number of aliphatic carboxylic acids is 1. The van der Waals surface area contributed by atoms with Crippen molar-refractivity contribution in [1.82, 2.24) is 0 Å². The molecule has 0 spiro atoms. The fourth-order valence-electron chi connectivity index (χ4n) is 0.442. The van der Waals surface area contributed by atoms with Gasteiger partial charge in [0.05, 0.1) is 0 Å². The third-order valence-electron chi connectivity index (χ3n) is 0.931. The van der Waals surface area contributed by atoms with Crippen LogP contribution in [-0.2, 0) is 9.53 Å². The Balaban J connectivity index is 0. The van der Waals surface area contributed by atoms with Crippen molar-refractivity contribution in [3.8, 4) is 0 Å². The van der Waals surface area contributed by atoms with Crippen LogP contribution in [0.2, 0.25) is 0 Å². The number of halogens is 1. The number of ether oxygens (including phenoxy) is 1. The molecule has 3 nitrogen and oxygen atoms in total. The van der Waals surface area contributed by atoms with Gasteiger partial charge in [-0.25, -0.2) is 4.79 Å². The lowest BCUT2D eigenvalue weighted by Crippen LogP contribution is -2.20. The van der Waals surface area contributed by atoms with Gasteiger partial charge in [-0.05, 0) is 6.42 Å². The van der Waals surface area contributed by atoms with Crippen molar-refractivity contribution in [3.63, 3.8) is 0 Å². The van der Waals surface area contributed by atoms with E-state index in [1.54, 1.807) is 6.92 Å². The van der Waals surface area contributed by atoms with Crippen LogP contribution in [-0.4, -0.2) is 24.3 Å². The van der Waals surface area contributed by atoms with Crippen molar-refractivity contribution >= 4 is 18.4 Å². The molecular weight excluding hydrogens is 144 g/mol. The number of methoxy groups -OCH3 is 1. The van der Waals surface area contributed by atoms with Gasteiger partial charge in [-0.1, -0.05) is 6.92 Å². The predicted molar refractivity (Wildman–Crippen MR) is 36.0 cm³/mol. The zero-order chi connectivity index (χ0) is 6.57. The average Bonchev–Trinajstić information content (AvgIpc) is 1.69. The highest BCUT2D eigenvalue weighted by Crippen LogP contribution is 1.93. The first-order valence-electron chi connectivity index (χ1n) is 2.48. The van der Waals surface area contributed by atoms with Crippen LogP contribution in [0.4, 0.5) is 0 Å². The molecule has 0 aromatic heterocycles. The van der Waals surface area contributed by atoms with E-state index < -0.39 is 12.1 Å². The molecule has 1 atom stereocenters. The van der Waals surface area contributed by atoms with Gasteiger partial charge in [-0.2, -0.15) is 0 Å². The van der Waals surface area contributed by atoms with E-state index in [1.807, 2.05) is 0 Å². The van der Waals surface area contributed by atoms with Crippen LogP contribution < -0.4 is 0 Å². The van der Waals surface area contributed by atoms with Gasteiger partial charge >= 0.3 is 5.97 Å². The monoisotopic (exact) mass is 154 g/mol. The minimum absolute atomic E-state index is 0. The minimum atomic E-state index is -0.894. The van der Waals surface area contributed by atoms with Gasteiger partial charge < -0.3 is 9.84 Å². The number of hydrogen-bond donors (Lipinski definition) is 1. The maximum absolute atomic E-state index is 10.0. The molecule has 0 aromatic rings. The molecular formula is C5H11ClO3. The second-order valence-electron chi connectivity index (χ2n) is 1.47. The van der Waals surface area contributed by atoms with Gasteiger partial charge in [0, 0.05) is 7.11 Å². The minimum Gasteiger partial charge on any atom is -0.479 e. The third-order valence-corrected chi connectivity index (χ3v) is 0.931. The zero-order valence-corrected chi connectivity index (χ0v) is 6.27. The molecule has 0 aliphatic carbocycles. The summed E-state index contributed by atoms with van der Waals surface area (Å²) >= 11 is 0. The first-order chi connectivity index (χ1) is 3.72. The second-order valence-corrected chi connectivity index (χ2v) is 1.47. The lowest BCUT2D eigenvalue weighted by Gasteiger charge is -2.04. The van der Waals surface area contributed by atoms with Crippen molar-refractivity contribution < 1.29 is 14.6 Å². The highest BCUT2D eigenvalue weighted by Gasteiger charge is 2.11. The van der Waals surface area contributed by atoms with Crippen molar-refractivity contribution in [1.29, 1.82) is 0 Å². The molecule has 0 aromatic carbocycles. The molecule has 0 aliphatic heterocycles. The zero-order valence-electron chi connectivity index (χ0n) is 5.46. The van der Waals surface area contributed by atoms with Crippen molar-refractivity contribution in [2.24, 2.45) is 0 Å². The van der Waals surface area contributed by atoms with Crippen LogP contribution in [0.25, 0.3) is 0 Å². The van der Waals surface area contributed by atoms with E-state index in [9.17, 15) is 4.79 Å². The van der Waals surface area contributed by atoms with Gasteiger partial charge in [0.2, 0.25) is 0 Å². The van der Waals surface area contributed by atoms with Crippen LogP contribution in [0.15, 0.2) is 0 Å². The SMILES string of the molecule is CCC(OC)C(=O)O.Cl. The van der Waals surface area contributed by atoms with Gasteiger partial charge in [0.25, 0.3) is 0 Å². The van der Waals surface area contributed by atoms with Gasteiger partial charge in [-0.3, -0.25) is 0 Å². The first-order valence-corrected chi connectivity index (χ1v) is 2.48. The third kappa shape index (κ3) is 4.24. The van der Waals surface area contributed by atoms with Crippen LogP contribution in [0.3, 0.4) is 0 Å². The Hall–Kier alpha value is -0.280. The molecule has 56 valence electrons. The number of carboxylic acids is 1. The number of carbonyl (C=O) groups is 1. The predicted octanol–water partition coefficient (Wildman–Crippen LogP) is 0.918. The Morgan fingerprint density at radius 3 is 2.22 bits per heavy atom. The molecule has 9 heavy (non-hydrogen) atoms. The topological polar surface area (TPSA) is 46.5 Å². The maximum Gasteiger partial charge on any atom is 0.332 e. The van der Waals surface area contributed by atoms with Crippen molar-refractivity contribution in [3.05, 3.63) is 0 Å². The Labute approximate surface area is 60.4 Å². The summed E-state index contributed by atoms with van der Waals surface area (Å²) in [6.45, 7) is 1.77. The highest BCUT2D eigenvalue weighted by atomic mass is 35.5. The summed E-state index contributed by atoms with van der Waals surface area (Å²) in [6, 6.07) is 0. The molecule has 0 rings (SSSR count). The van der Waals surface area contributed by atoms with Crippen LogP contribution in [0.5, 0.6) is 0 Å². The smallest absolute Gasteiger partial charge is 0.332 e. The lowest BCUT2D eigenvalue weighted by atomic mass is 10.3. The summed E-state index contributed by atoms with van der Waals surface area (Å²) in [5.41, 5.74) is 0. The Bertz CT molecular complexity index is 80.3. The summed E-state index contributed by atoms with van der Waals surface area (Å²) in [4.78, 5) is 10.0. The number of rotatable bonds is 3. The normalized spacial score (nSPS) is 11.8. The summed E-state index contributed by atoms with van der Waals surface area (Å²) in [5.74, 6) is -0.894. The van der Waals surface area contributed by atoms with Crippen LogP contribution in [0.1, 0.15) is 13.3 Å².